The Kier molecular flexibility index (Phi) is 4.41. The van der Waals surface area contributed by atoms with Crippen LogP contribution in [0.1, 0.15) is 20.9 Å². The Labute approximate surface area is 159 Å². The molecule has 0 aliphatic carbocycles. The molecule has 0 radical (unpaired) electrons. The van der Waals surface area contributed by atoms with E-state index in [0.29, 0.717) is 5.56 Å². The minimum Gasteiger partial charge on any atom is -0.451 e. The van der Waals surface area contributed by atoms with E-state index in [1.54, 1.807) is 24.4 Å². The number of hydrogen-bond acceptors (Lipinski definition) is 3. The number of nitrogens with one attached hydrogen (secondary N) is 2. The molecule has 2 aromatic carbocycles. The first kappa shape index (κ1) is 17.5. The molecule has 7 heteroatoms. The first-order valence-corrected chi connectivity index (χ1v) is 8.54. The number of aromatic nitrogens is 1. The molecule has 4 rings (SSSR count). The Morgan fingerprint density at radius 3 is 2.46 bits per heavy atom. The number of hydrogen-bond donors (Lipinski definition) is 2. The van der Waals surface area contributed by atoms with Crippen LogP contribution in [-0.2, 0) is 7.05 Å². The maximum Gasteiger partial charge on any atom is 0.305 e. The van der Waals surface area contributed by atoms with Crippen molar-refractivity contribution in [2.75, 3.05) is 0 Å². The number of hydrazine groups is 1. The van der Waals surface area contributed by atoms with Crippen molar-refractivity contribution in [1.29, 1.82) is 0 Å². The van der Waals surface area contributed by atoms with Gasteiger partial charge in [-0.15, -0.1) is 0 Å². The van der Waals surface area contributed by atoms with Crippen molar-refractivity contribution in [1.82, 2.24) is 15.4 Å². The van der Waals surface area contributed by atoms with Gasteiger partial charge in [0.05, 0.1) is 11.1 Å². The van der Waals surface area contributed by atoms with Gasteiger partial charge in [-0.2, -0.15) is 0 Å². The van der Waals surface area contributed by atoms with Crippen LogP contribution in [0, 0.1) is 5.82 Å². The van der Waals surface area contributed by atoms with Gasteiger partial charge >= 0.3 is 5.91 Å². The average molecular weight is 377 g/mol. The van der Waals surface area contributed by atoms with E-state index in [-0.39, 0.29) is 17.1 Å². The lowest BCUT2D eigenvalue weighted by Gasteiger charge is -2.05. The second-order valence-electron chi connectivity index (χ2n) is 6.22. The summed E-state index contributed by atoms with van der Waals surface area (Å²) in [4.78, 5) is 24.7. The Morgan fingerprint density at radius 1 is 0.929 bits per heavy atom. The predicted molar refractivity (Wildman–Crippen MR) is 102 cm³/mol. The average Bonchev–Trinajstić information content (AvgIpc) is 3.32. The number of rotatable bonds is 3. The normalized spacial score (nSPS) is 10.8. The van der Waals surface area contributed by atoms with Crippen LogP contribution in [0.4, 0.5) is 4.39 Å². The topological polar surface area (TPSA) is 76.3 Å². The van der Waals surface area contributed by atoms with Crippen molar-refractivity contribution in [2.24, 2.45) is 7.05 Å². The Hall–Kier alpha value is -3.87. The summed E-state index contributed by atoms with van der Waals surface area (Å²) in [6.45, 7) is 0. The molecule has 0 bridgehead atoms. The van der Waals surface area contributed by atoms with Gasteiger partial charge in [-0.1, -0.05) is 30.3 Å². The number of aryl methyl sites for hydroxylation is 1. The zero-order valence-electron chi connectivity index (χ0n) is 14.9. The molecule has 2 heterocycles. The molecule has 140 valence electrons. The zero-order valence-corrected chi connectivity index (χ0v) is 14.9. The molecule has 2 aromatic heterocycles. The number of para-hydroxylation sites is 1. The van der Waals surface area contributed by atoms with Gasteiger partial charge in [-0.05, 0) is 30.3 Å². The zero-order chi connectivity index (χ0) is 19.7. The summed E-state index contributed by atoms with van der Waals surface area (Å²) in [5.41, 5.74) is 6.28. The minimum absolute atomic E-state index is 0.0449. The molecule has 0 aliphatic rings. The molecular formula is C21H16FN3O3. The SMILES string of the molecule is Cn1cc(C(=O)NNC(=O)c2ccc(-c3ccccc3F)o2)c2ccccc21. The molecule has 4 aromatic rings. The van der Waals surface area contributed by atoms with E-state index in [0.717, 1.165) is 10.9 Å². The lowest BCUT2D eigenvalue weighted by Crippen LogP contribution is -2.41. The van der Waals surface area contributed by atoms with Crippen molar-refractivity contribution in [3.05, 3.63) is 84.0 Å². The summed E-state index contributed by atoms with van der Waals surface area (Å²) in [6, 6.07) is 16.5. The molecule has 6 nitrogen and oxygen atoms in total. The third-order valence-electron chi connectivity index (χ3n) is 4.40. The highest BCUT2D eigenvalue weighted by molar-refractivity contribution is 6.07. The number of carbonyl (C=O) groups excluding carboxylic acids is 2. The van der Waals surface area contributed by atoms with Crippen LogP contribution in [0.2, 0.25) is 0 Å². The van der Waals surface area contributed by atoms with Gasteiger partial charge in [0.1, 0.15) is 11.6 Å². The second-order valence-corrected chi connectivity index (χ2v) is 6.22. The molecular weight excluding hydrogens is 361 g/mol. The lowest BCUT2D eigenvalue weighted by atomic mass is 10.1. The fourth-order valence-electron chi connectivity index (χ4n) is 3.03. The maximum atomic E-state index is 13.8. The van der Waals surface area contributed by atoms with E-state index in [1.165, 1.54) is 18.2 Å². The molecule has 0 saturated carbocycles. The number of amides is 2. The van der Waals surface area contributed by atoms with Gasteiger partial charge in [-0.3, -0.25) is 20.4 Å². The van der Waals surface area contributed by atoms with E-state index >= 15 is 0 Å². The number of furan rings is 1. The van der Waals surface area contributed by atoms with E-state index < -0.39 is 17.6 Å². The van der Waals surface area contributed by atoms with Gasteiger partial charge in [0.2, 0.25) is 0 Å². The summed E-state index contributed by atoms with van der Waals surface area (Å²) in [5.74, 6) is -1.37. The molecule has 0 fully saturated rings. The second kappa shape index (κ2) is 7.03. The molecule has 2 amide bonds. The molecule has 0 spiro atoms. The molecule has 28 heavy (non-hydrogen) atoms. The van der Waals surface area contributed by atoms with E-state index in [9.17, 15) is 14.0 Å². The monoisotopic (exact) mass is 377 g/mol. The van der Waals surface area contributed by atoms with Gasteiger partial charge in [0.25, 0.3) is 5.91 Å². The summed E-state index contributed by atoms with van der Waals surface area (Å²) in [5, 5.41) is 0.775. The number of benzene rings is 2. The van der Waals surface area contributed by atoms with Gasteiger partial charge in [0, 0.05) is 24.1 Å². The molecule has 0 saturated heterocycles. The molecule has 0 atom stereocenters. The summed E-state index contributed by atoms with van der Waals surface area (Å²) in [6.07, 6.45) is 1.69. The number of nitrogens with zero attached hydrogens (tertiary/aromatic N) is 1. The van der Waals surface area contributed by atoms with Crippen LogP contribution in [0.25, 0.3) is 22.2 Å². The van der Waals surface area contributed by atoms with Crippen molar-refractivity contribution < 1.29 is 18.4 Å². The van der Waals surface area contributed by atoms with Crippen molar-refractivity contribution in [3.63, 3.8) is 0 Å². The van der Waals surface area contributed by atoms with Gasteiger partial charge in [0.15, 0.2) is 5.76 Å². The highest BCUT2D eigenvalue weighted by Crippen LogP contribution is 2.24. The quantitative estimate of drug-likeness (QED) is 0.535. The first-order chi connectivity index (χ1) is 13.5. The lowest BCUT2D eigenvalue weighted by molar-refractivity contribution is 0.0832. The van der Waals surface area contributed by atoms with Crippen LogP contribution < -0.4 is 10.9 Å². The van der Waals surface area contributed by atoms with Crippen LogP contribution in [-0.4, -0.2) is 16.4 Å². The van der Waals surface area contributed by atoms with E-state index in [4.69, 9.17) is 4.42 Å². The smallest absolute Gasteiger partial charge is 0.305 e. The predicted octanol–water partition coefficient (Wildman–Crippen LogP) is 3.65. The van der Waals surface area contributed by atoms with E-state index in [1.807, 2.05) is 35.9 Å². The summed E-state index contributed by atoms with van der Waals surface area (Å²) in [7, 11) is 1.84. The third kappa shape index (κ3) is 3.14. The number of carbonyl (C=O) groups is 2. The minimum atomic E-state index is -0.642. The third-order valence-corrected chi connectivity index (χ3v) is 4.40. The Balaban J connectivity index is 1.47. The van der Waals surface area contributed by atoms with E-state index in [2.05, 4.69) is 10.9 Å². The standard InChI is InChI=1S/C21H16FN3O3/c1-25-12-15(13-6-3-5-9-17(13)25)20(26)23-24-21(27)19-11-10-18(28-19)14-7-2-4-8-16(14)22/h2-12H,1H3,(H,23,26)(H,24,27). The summed E-state index contributed by atoms with van der Waals surface area (Å²) >= 11 is 0. The molecule has 0 aliphatic heterocycles. The number of halogens is 1. The first-order valence-electron chi connectivity index (χ1n) is 8.54. The Morgan fingerprint density at radius 2 is 1.64 bits per heavy atom. The van der Waals surface area contributed by atoms with Crippen molar-refractivity contribution in [3.8, 4) is 11.3 Å². The van der Waals surface area contributed by atoms with Crippen LogP contribution in [0.5, 0.6) is 0 Å². The van der Waals surface area contributed by atoms with Gasteiger partial charge in [-0.25, -0.2) is 4.39 Å². The van der Waals surface area contributed by atoms with Crippen molar-refractivity contribution in [2.45, 2.75) is 0 Å². The highest BCUT2D eigenvalue weighted by atomic mass is 19.1. The van der Waals surface area contributed by atoms with Crippen LogP contribution in [0.3, 0.4) is 0 Å². The molecule has 0 unspecified atom stereocenters. The summed E-state index contributed by atoms with van der Waals surface area (Å²) < 4.78 is 21.1. The van der Waals surface area contributed by atoms with Crippen molar-refractivity contribution >= 4 is 22.7 Å². The fourth-order valence-corrected chi connectivity index (χ4v) is 3.03. The maximum absolute atomic E-state index is 13.8. The molecule has 2 N–H and O–H groups in total. The fraction of sp³-hybridized carbons (Fsp3) is 0.0476. The van der Waals surface area contributed by atoms with Crippen LogP contribution in [0.15, 0.2) is 71.3 Å². The largest absolute Gasteiger partial charge is 0.451 e. The Bertz CT molecular complexity index is 1190. The van der Waals surface area contributed by atoms with Gasteiger partial charge < -0.3 is 8.98 Å². The van der Waals surface area contributed by atoms with Crippen LogP contribution >= 0.6 is 0 Å². The highest BCUT2D eigenvalue weighted by Gasteiger charge is 2.17. The number of fused-ring (bicyclic) bond motifs is 1.